The Morgan fingerprint density at radius 1 is 0.759 bits per heavy atom. The Balaban J connectivity index is 1.61. The molecule has 4 rings (SSSR count). The standard InChI is InChI=1S/C25H26N4/c1-20-7-9-22(10-8-20)17-28(18-23-11-14-26-15-12-23)19-24-6-4-16-29(24)25-21(2)5-3-13-27-25/h3-16H,17-19H2,1-2H3. The number of aryl methyl sites for hydroxylation is 2. The van der Waals surface area contributed by atoms with Crippen molar-refractivity contribution in [2.24, 2.45) is 0 Å². The molecule has 0 bridgehead atoms. The van der Waals surface area contributed by atoms with Gasteiger partial charge < -0.3 is 4.57 Å². The van der Waals surface area contributed by atoms with Crippen molar-refractivity contribution in [3.05, 3.63) is 113 Å². The fraction of sp³-hybridized carbons (Fsp3) is 0.200. The normalized spacial score (nSPS) is 11.1. The Bertz CT molecular complexity index is 1050. The van der Waals surface area contributed by atoms with Crippen molar-refractivity contribution in [1.82, 2.24) is 19.4 Å². The first-order valence-electron chi connectivity index (χ1n) is 9.94. The fourth-order valence-corrected chi connectivity index (χ4v) is 3.58. The van der Waals surface area contributed by atoms with E-state index in [2.05, 4.69) is 94.1 Å². The van der Waals surface area contributed by atoms with Crippen LogP contribution in [0.1, 0.15) is 27.9 Å². The second-order valence-electron chi connectivity index (χ2n) is 7.50. The van der Waals surface area contributed by atoms with Crippen LogP contribution in [0.5, 0.6) is 0 Å². The number of nitrogens with zero attached hydrogens (tertiary/aromatic N) is 4. The zero-order chi connectivity index (χ0) is 20.1. The third-order valence-corrected chi connectivity index (χ3v) is 5.11. The highest BCUT2D eigenvalue weighted by Crippen LogP contribution is 2.19. The predicted molar refractivity (Wildman–Crippen MR) is 117 cm³/mol. The first kappa shape index (κ1) is 19.1. The monoisotopic (exact) mass is 382 g/mol. The Morgan fingerprint density at radius 2 is 1.48 bits per heavy atom. The third kappa shape index (κ3) is 4.79. The molecular weight excluding hydrogens is 356 g/mol. The first-order valence-corrected chi connectivity index (χ1v) is 9.94. The summed E-state index contributed by atoms with van der Waals surface area (Å²) in [4.78, 5) is 11.2. The molecule has 0 unspecified atom stereocenters. The van der Waals surface area contributed by atoms with Crippen LogP contribution in [0.25, 0.3) is 5.82 Å². The highest BCUT2D eigenvalue weighted by molar-refractivity contribution is 5.35. The van der Waals surface area contributed by atoms with Gasteiger partial charge in [-0.3, -0.25) is 9.88 Å². The fourth-order valence-electron chi connectivity index (χ4n) is 3.58. The van der Waals surface area contributed by atoms with Crippen molar-refractivity contribution in [1.29, 1.82) is 0 Å². The van der Waals surface area contributed by atoms with Gasteiger partial charge in [-0.15, -0.1) is 0 Å². The summed E-state index contributed by atoms with van der Waals surface area (Å²) < 4.78 is 2.20. The van der Waals surface area contributed by atoms with E-state index < -0.39 is 0 Å². The summed E-state index contributed by atoms with van der Waals surface area (Å²) in [5.41, 5.74) is 6.27. The van der Waals surface area contributed by atoms with E-state index in [4.69, 9.17) is 0 Å². The van der Waals surface area contributed by atoms with Crippen molar-refractivity contribution in [3.8, 4) is 5.82 Å². The summed E-state index contributed by atoms with van der Waals surface area (Å²) >= 11 is 0. The molecule has 3 aromatic heterocycles. The molecular formula is C25H26N4. The third-order valence-electron chi connectivity index (χ3n) is 5.11. The first-order chi connectivity index (χ1) is 14.2. The second-order valence-corrected chi connectivity index (χ2v) is 7.50. The van der Waals surface area contributed by atoms with E-state index in [1.165, 1.54) is 27.9 Å². The number of hydrogen-bond acceptors (Lipinski definition) is 3. The van der Waals surface area contributed by atoms with Gasteiger partial charge in [0.25, 0.3) is 0 Å². The van der Waals surface area contributed by atoms with Crippen LogP contribution >= 0.6 is 0 Å². The van der Waals surface area contributed by atoms with Crippen LogP contribution in [0, 0.1) is 13.8 Å². The molecule has 0 fully saturated rings. The quantitative estimate of drug-likeness (QED) is 0.447. The molecule has 4 heteroatoms. The van der Waals surface area contributed by atoms with Crippen molar-refractivity contribution in [3.63, 3.8) is 0 Å². The smallest absolute Gasteiger partial charge is 0.139 e. The molecule has 4 nitrogen and oxygen atoms in total. The summed E-state index contributed by atoms with van der Waals surface area (Å²) in [6, 6.07) is 21.3. The second kappa shape index (κ2) is 8.84. The summed E-state index contributed by atoms with van der Waals surface area (Å²) in [6.07, 6.45) is 7.67. The van der Waals surface area contributed by atoms with Crippen molar-refractivity contribution < 1.29 is 0 Å². The number of hydrogen-bond donors (Lipinski definition) is 0. The molecule has 0 atom stereocenters. The molecule has 0 N–H and O–H groups in total. The lowest BCUT2D eigenvalue weighted by Gasteiger charge is -2.24. The van der Waals surface area contributed by atoms with Crippen LogP contribution in [0.4, 0.5) is 0 Å². The number of benzene rings is 1. The zero-order valence-corrected chi connectivity index (χ0v) is 17.0. The summed E-state index contributed by atoms with van der Waals surface area (Å²) in [7, 11) is 0. The maximum absolute atomic E-state index is 4.60. The Labute approximate surface area is 172 Å². The van der Waals surface area contributed by atoms with E-state index in [0.29, 0.717) is 0 Å². The molecule has 0 saturated heterocycles. The molecule has 146 valence electrons. The lowest BCUT2D eigenvalue weighted by Crippen LogP contribution is -2.24. The lowest BCUT2D eigenvalue weighted by molar-refractivity contribution is 0.243. The lowest BCUT2D eigenvalue weighted by atomic mass is 10.1. The largest absolute Gasteiger partial charge is 0.304 e. The maximum atomic E-state index is 4.60. The van der Waals surface area contributed by atoms with Gasteiger partial charge in [-0.05, 0) is 60.9 Å². The van der Waals surface area contributed by atoms with Gasteiger partial charge in [-0.2, -0.15) is 0 Å². The van der Waals surface area contributed by atoms with E-state index in [0.717, 1.165) is 25.5 Å². The topological polar surface area (TPSA) is 34.0 Å². The van der Waals surface area contributed by atoms with E-state index in [1.807, 2.05) is 24.7 Å². The molecule has 0 aliphatic heterocycles. The van der Waals surface area contributed by atoms with Gasteiger partial charge in [-0.1, -0.05) is 35.9 Å². The Hall–Kier alpha value is -3.24. The van der Waals surface area contributed by atoms with Gasteiger partial charge in [0.05, 0.1) is 0 Å². The van der Waals surface area contributed by atoms with E-state index in [1.54, 1.807) is 0 Å². The average molecular weight is 383 g/mol. The molecule has 1 aromatic carbocycles. The number of rotatable bonds is 7. The molecule has 3 heterocycles. The highest BCUT2D eigenvalue weighted by atomic mass is 15.2. The van der Waals surface area contributed by atoms with Crippen LogP contribution in [-0.4, -0.2) is 19.4 Å². The zero-order valence-electron chi connectivity index (χ0n) is 17.0. The minimum absolute atomic E-state index is 0.833. The van der Waals surface area contributed by atoms with Crippen molar-refractivity contribution >= 4 is 0 Å². The van der Waals surface area contributed by atoms with Gasteiger partial charge in [0.2, 0.25) is 0 Å². The van der Waals surface area contributed by atoms with Gasteiger partial charge >= 0.3 is 0 Å². The van der Waals surface area contributed by atoms with Crippen molar-refractivity contribution in [2.45, 2.75) is 33.5 Å². The van der Waals surface area contributed by atoms with E-state index in [-0.39, 0.29) is 0 Å². The average Bonchev–Trinajstić information content (AvgIpc) is 3.18. The number of pyridine rings is 2. The molecule has 0 amide bonds. The SMILES string of the molecule is Cc1ccc(CN(Cc2ccncc2)Cc2cccn2-c2ncccc2C)cc1. The van der Waals surface area contributed by atoms with Crippen LogP contribution in [0.15, 0.2) is 85.5 Å². The summed E-state index contributed by atoms with van der Waals surface area (Å²) in [6.45, 7) is 6.81. The molecule has 0 aliphatic rings. The van der Waals surface area contributed by atoms with E-state index >= 15 is 0 Å². The molecule has 29 heavy (non-hydrogen) atoms. The maximum Gasteiger partial charge on any atom is 0.139 e. The van der Waals surface area contributed by atoms with Gasteiger partial charge in [0, 0.05) is 50.1 Å². The van der Waals surface area contributed by atoms with Crippen molar-refractivity contribution in [2.75, 3.05) is 0 Å². The highest BCUT2D eigenvalue weighted by Gasteiger charge is 2.13. The molecule has 0 aliphatic carbocycles. The van der Waals surface area contributed by atoms with Crippen LogP contribution < -0.4 is 0 Å². The molecule has 0 radical (unpaired) electrons. The Kier molecular flexibility index (Phi) is 5.82. The van der Waals surface area contributed by atoms with Gasteiger partial charge in [-0.25, -0.2) is 4.98 Å². The van der Waals surface area contributed by atoms with E-state index in [9.17, 15) is 0 Å². The Morgan fingerprint density at radius 3 is 2.21 bits per heavy atom. The van der Waals surface area contributed by atoms with Crippen LogP contribution in [-0.2, 0) is 19.6 Å². The van der Waals surface area contributed by atoms with Gasteiger partial charge in [0.1, 0.15) is 5.82 Å². The van der Waals surface area contributed by atoms with Crippen LogP contribution in [0.2, 0.25) is 0 Å². The predicted octanol–water partition coefficient (Wildman–Crippen LogP) is 5.09. The minimum atomic E-state index is 0.833. The molecule has 0 spiro atoms. The minimum Gasteiger partial charge on any atom is -0.304 e. The molecule has 4 aromatic rings. The van der Waals surface area contributed by atoms with Crippen LogP contribution in [0.3, 0.4) is 0 Å². The summed E-state index contributed by atoms with van der Waals surface area (Å²) in [5.74, 6) is 0.992. The number of aromatic nitrogens is 3. The summed E-state index contributed by atoms with van der Waals surface area (Å²) in [5, 5.41) is 0. The van der Waals surface area contributed by atoms with Gasteiger partial charge in [0.15, 0.2) is 0 Å². The molecule has 0 saturated carbocycles.